The van der Waals surface area contributed by atoms with Crippen molar-refractivity contribution in [2.24, 2.45) is 0 Å². The van der Waals surface area contributed by atoms with E-state index in [1.54, 1.807) is 0 Å². The second kappa shape index (κ2) is 3.58. The van der Waals surface area contributed by atoms with Crippen LogP contribution < -0.4 is 5.73 Å². The minimum absolute atomic E-state index is 0.546. The average molecular weight is 228 g/mol. The highest BCUT2D eigenvalue weighted by atomic mass is 15.4. The molecule has 88 valence electrons. The molecule has 1 aliphatic carbocycles. The van der Waals surface area contributed by atoms with Crippen molar-refractivity contribution in [3.05, 3.63) is 35.0 Å². The van der Waals surface area contributed by atoms with Crippen molar-refractivity contribution in [1.29, 1.82) is 0 Å². The lowest BCUT2D eigenvalue weighted by Gasteiger charge is -2.09. The number of aromatic nitrogens is 3. The highest BCUT2D eigenvalue weighted by molar-refractivity contribution is 5.48. The summed E-state index contributed by atoms with van der Waals surface area (Å²) in [4.78, 5) is 0. The molecule has 4 nitrogen and oxygen atoms in total. The summed E-state index contributed by atoms with van der Waals surface area (Å²) in [5.74, 6) is 1.12. The first-order valence-corrected chi connectivity index (χ1v) is 5.95. The predicted octanol–water partition coefficient (Wildman–Crippen LogP) is 2.34. The summed E-state index contributed by atoms with van der Waals surface area (Å²) < 4.78 is 1.91. The number of nitrogens with two attached hydrogens (primary N) is 1. The number of nitrogens with zero attached hydrogens (tertiary/aromatic N) is 3. The maximum atomic E-state index is 5.91. The lowest BCUT2D eigenvalue weighted by molar-refractivity contribution is 0.759. The monoisotopic (exact) mass is 228 g/mol. The summed E-state index contributed by atoms with van der Waals surface area (Å²) in [6.45, 7) is 4.17. The number of anilines is 1. The Kier molecular flexibility index (Phi) is 2.18. The Labute approximate surface area is 100 Å². The van der Waals surface area contributed by atoms with Crippen LogP contribution in [-0.2, 0) is 0 Å². The molecule has 0 unspecified atom stereocenters. The Morgan fingerprint density at radius 2 is 2.06 bits per heavy atom. The highest BCUT2D eigenvalue weighted by Gasteiger charge is 2.31. The quantitative estimate of drug-likeness (QED) is 0.858. The van der Waals surface area contributed by atoms with Crippen molar-refractivity contribution in [2.45, 2.75) is 32.6 Å². The third-order valence-corrected chi connectivity index (χ3v) is 3.29. The van der Waals surface area contributed by atoms with Crippen LogP contribution in [0, 0.1) is 13.8 Å². The van der Waals surface area contributed by atoms with Crippen LogP contribution in [0.3, 0.4) is 0 Å². The minimum Gasteiger partial charge on any atom is -0.381 e. The van der Waals surface area contributed by atoms with Crippen molar-refractivity contribution < 1.29 is 0 Å². The summed E-state index contributed by atoms with van der Waals surface area (Å²) in [6, 6.07) is 6.35. The molecule has 1 saturated carbocycles. The fourth-order valence-electron chi connectivity index (χ4n) is 2.17. The minimum atomic E-state index is 0.546. The molecular formula is C13H16N4. The van der Waals surface area contributed by atoms with E-state index in [0.717, 1.165) is 11.4 Å². The molecule has 1 heterocycles. The van der Waals surface area contributed by atoms with Crippen molar-refractivity contribution in [3.63, 3.8) is 0 Å². The van der Waals surface area contributed by atoms with Crippen LogP contribution in [0.5, 0.6) is 0 Å². The van der Waals surface area contributed by atoms with Gasteiger partial charge in [-0.3, -0.25) is 0 Å². The van der Waals surface area contributed by atoms with Gasteiger partial charge in [0.2, 0.25) is 0 Å². The van der Waals surface area contributed by atoms with Crippen molar-refractivity contribution in [1.82, 2.24) is 15.0 Å². The van der Waals surface area contributed by atoms with Crippen molar-refractivity contribution >= 4 is 5.82 Å². The molecule has 0 saturated heterocycles. The zero-order valence-corrected chi connectivity index (χ0v) is 10.1. The molecule has 2 N–H and O–H groups in total. The molecule has 0 atom stereocenters. The van der Waals surface area contributed by atoms with Crippen LogP contribution in [0.25, 0.3) is 5.69 Å². The van der Waals surface area contributed by atoms with E-state index in [1.807, 2.05) is 4.68 Å². The first-order chi connectivity index (χ1) is 8.16. The Morgan fingerprint density at radius 1 is 1.29 bits per heavy atom. The van der Waals surface area contributed by atoms with Gasteiger partial charge in [-0.05, 0) is 43.9 Å². The van der Waals surface area contributed by atoms with Crippen LogP contribution in [0.2, 0.25) is 0 Å². The lowest BCUT2D eigenvalue weighted by Crippen LogP contribution is -2.04. The Balaban J connectivity index is 2.17. The van der Waals surface area contributed by atoms with E-state index >= 15 is 0 Å². The Morgan fingerprint density at radius 3 is 2.76 bits per heavy atom. The molecule has 3 rings (SSSR count). The molecule has 1 aromatic heterocycles. The highest BCUT2D eigenvalue weighted by Crippen LogP contribution is 2.42. The molecule has 17 heavy (non-hydrogen) atoms. The third-order valence-electron chi connectivity index (χ3n) is 3.29. The Hall–Kier alpha value is -1.84. The van der Waals surface area contributed by atoms with E-state index in [2.05, 4.69) is 42.4 Å². The van der Waals surface area contributed by atoms with Gasteiger partial charge in [0.15, 0.2) is 5.82 Å². The van der Waals surface area contributed by atoms with Gasteiger partial charge in [0.1, 0.15) is 0 Å². The zero-order chi connectivity index (χ0) is 12.0. The number of aryl methyl sites for hydroxylation is 2. The molecule has 1 aliphatic rings. The number of rotatable bonds is 2. The van der Waals surface area contributed by atoms with Gasteiger partial charge in [-0.1, -0.05) is 17.3 Å². The summed E-state index contributed by atoms with van der Waals surface area (Å²) in [5, 5.41) is 8.21. The number of hydrogen-bond acceptors (Lipinski definition) is 3. The maximum Gasteiger partial charge on any atom is 0.169 e. The maximum absolute atomic E-state index is 5.91. The lowest BCUT2D eigenvalue weighted by atomic mass is 10.1. The van der Waals surface area contributed by atoms with Gasteiger partial charge in [0, 0.05) is 5.92 Å². The molecule has 0 bridgehead atoms. The Bertz CT molecular complexity index is 567. The van der Waals surface area contributed by atoms with Crippen LogP contribution in [0.15, 0.2) is 18.2 Å². The van der Waals surface area contributed by atoms with Crippen LogP contribution in [0.1, 0.15) is 35.6 Å². The van der Waals surface area contributed by atoms with E-state index in [0.29, 0.717) is 11.7 Å². The second-order valence-electron chi connectivity index (χ2n) is 4.84. The molecule has 0 spiro atoms. The largest absolute Gasteiger partial charge is 0.381 e. The molecule has 4 heteroatoms. The van der Waals surface area contributed by atoms with E-state index < -0.39 is 0 Å². The topological polar surface area (TPSA) is 56.7 Å². The summed E-state index contributed by atoms with van der Waals surface area (Å²) in [7, 11) is 0. The van der Waals surface area contributed by atoms with Crippen LogP contribution >= 0.6 is 0 Å². The zero-order valence-electron chi connectivity index (χ0n) is 10.1. The van der Waals surface area contributed by atoms with E-state index in [9.17, 15) is 0 Å². The van der Waals surface area contributed by atoms with E-state index in [-0.39, 0.29) is 0 Å². The SMILES string of the molecule is Cc1ccc(C)c(-n2nnc(N)c2C2CC2)c1. The number of hydrogen-bond donors (Lipinski definition) is 1. The first-order valence-electron chi connectivity index (χ1n) is 5.95. The van der Waals surface area contributed by atoms with E-state index in [4.69, 9.17) is 5.73 Å². The van der Waals surface area contributed by atoms with Crippen molar-refractivity contribution in [3.8, 4) is 5.69 Å². The molecule has 1 aromatic carbocycles. The van der Waals surface area contributed by atoms with Crippen LogP contribution in [-0.4, -0.2) is 15.0 Å². The molecule has 1 fully saturated rings. The molecule has 0 radical (unpaired) electrons. The molecule has 0 aliphatic heterocycles. The molecule has 0 amide bonds. The van der Waals surface area contributed by atoms with Gasteiger partial charge in [-0.2, -0.15) is 0 Å². The summed E-state index contributed by atoms with van der Waals surface area (Å²) in [5.41, 5.74) is 10.5. The van der Waals surface area contributed by atoms with Gasteiger partial charge in [-0.25, -0.2) is 4.68 Å². The van der Waals surface area contributed by atoms with Gasteiger partial charge in [0.25, 0.3) is 0 Å². The third kappa shape index (κ3) is 1.69. The van der Waals surface area contributed by atoms with Crippen molar-refractivity contribution in [2.75, 3.05) is 5.73 Å². The van der Waals surface area contributed by atoms with Crippen LogP contribution in [0.4, 0.5) is 5.82 Å². The van der Waals surface area contributed by atoms with E-state index in [1.165, 1.54) is 24.0 Å². The van der Waals surface area contributed by atoms with Gasteiger partial charge < -0.3 is 5.73 Å². The smallest absolute Gasteiger partial charge is 0.169 e. The van der Waals surface area contributed by atoms with Gasteiger partial charge in [-0.15, -0.1) is 5.10 Å². The summed E-state index contributed by atoms with van der Waals surface area (Å²) in [6.07, 6.45) is 2.39. The fraction of sp³-hybridized carbons (Fsp3) is 0.385. The standard InChI is InChI=1S/C13H16N4/c1-8-3-4-9(2)11(7-8)17-12(10-5-6-10)13(14)15-16-17/h3-4,7,10H,5-6,14H2,1-2H3. The number of nitrogen functional groups attached to an aromatic ring is 1. The second-order valence-corrected chi connectivity index (χ2v) is 4.84. The normalized spacial score (nSPS) is 15.2. The first kappa shape index (κ1) is 10.3. The fourth-order valence-corrected chi connectivity index (χ4v) is 2.17. The number of benzene rings is 1. The predicted molar refractivity (Wildman–Crippen MR) is 67.2 cm³/mol. The average Bonchev–Trinajstić information content (AvgIpc) is 3.06. The van der Waals surface area contributed by atoms with Gasteiger partial charge in [0.05, 0.1) is 11.4 Å². The summed E-state index contributed by atoms with van der Waals surface area (Å²) >= 11 is 0. The molecule has 2 aromatic rings. The van der Waals surface area contributed by atoms with Gasteiger partial charge >= 0.3 is 0 Å². The molecular weight excluding hydrogens is 212 g/mol.